The van der Waals surface area contributed by atoms with Crippen LogP contribution in [-0.4, -0.2) is 87.2 Å². The third kappa shape index (κ3) is 11.4. The molecule has 2 atom stereocenters. The summed E-state index contributed by atoms with van der Waals surface area (Å²) >= 11 is 1.64. The van der Waals surface area contributed by atoms with Crippen LogP contribution in [0.25, 0.3) is 11.1 Å². The van der Waals surface area contributed by atoms with Crippen molar-refractivity contribution in [2.75, 3.05) is 56.2 Å². The van der Waals surface area contributed by atoms with Crippen molar-refractivity contribution in [1.29, 1.82) is 0 Å². The fraction of sp³-hybridized carbons (Fsp3) is 0.295. The molecule has 1 saturated heterocycles. The van der Waals surface area contributed by atoms with Gasteiger partial charge >= 0.3 is 0 Å². The van der Waals surface area contributed by atoms with Crippen molar-refractivity contribution in [3.63, 3.8) is 0 Å². The van der Waals surface area contributed by atoms with Gasteiger partial charge in [0.2, 0.25) is 0 Å². The van der Waals surface area contributed by atoms with Crippen LogP contribution >= 0.6 is 36.6 Å². The van der Waals surface area contributed by atoms with E-state index in [2.05, 4.69) is 68.4 Å². The third-order valence-electron chi connectivity index (χ3n) is 10.6. The summed E-state index contributed by atoms with van der Waals surface area (Å²) in [6, 6.07) is 38.2. The summed E-state index contributed by atoms with van der Waals surface area (Å²) < 4.78 is 29.2. The zero-order valence-corrected chi connectivity index (χ0v) is 36.3. The number of anilines is 2. The average molecular weight is 878 g/mol. The lowest BCUT2D eigenvalue weighted by molar-refractivity contribution is -0.384. The maximum atomic E-state index is 13.5. The number of nitrogens with zero attached hydrogens (tertiary/aromatic N) is 4. The Hall–Kier alpha value is -4.63. The van der Waals surface area contributed by atoms with Gasteiger partial charge in [-0.2, -0.15) is 0 Å². The van der Waals surface area contributed by atoms with E-state index in [0.29, 0.717) is 18.2 Å². The number of hydrogen-bond acceptors (Lipinski definition) is 10. The Morgan fingerprint density at radius 3 is 2.36 bits per heavy atom. The van der Waals surface area contributed by atoms with Crippen molar-refractivity contribution in [2.45, 2.75) is 47.7 Å². The van der Waals surface area contributed by atoms with Gasteiger partial charge in [0.25, 0.3) is 21.6 Å². The molecule has 1 amide bonds. The van der Waals surface area contributed by atoms with E-state index in [1.54, 1.807) is 23.9 Å². The van der Waals surface area contributed by atoms with Gasteiger partial charge in [-0.1, -0.05) is 72.8 Å². The highest BCUT2D eigenvalue weighted by molar-refractivity contribution is 7.99. The molecule has 0 radical (unpaired) electrons. The van der Waals surface area contributed by atoms with Gasteiger partial charge in [0.1, 0.15) is 5.69 Å². The quantitative estimate of drug-likeness (QED) is 0.0602. The van der Waals surface area contributed by atoms with Crippen molar-refractivity contribution in [3.8, 4) is 11.1 Å². The predicted molar refractivity (Wildman–Crippen MR) is 243 cm³/mol. The number of sulfonamides is 1. The number of amides is 1. The number of nitro benzene ring substituents is 1. The molecule has 0 aliphatic carbocycles. The van der Waals surface area contributed by atoms with Gasteiger partial charge in [0.05, 0.1) is 9.82 Å². The van der Waals surface area contributed by atoms with Crippen LogP contribution in [0, 0.1) is 10.1 Å². The number of benzene rings is 5. The van der Waals surface area contributed by atoms with Gasteiger partial charge in [-0.15, -0.1) is 36.6 Å². The lowest BCUT2D eigenvalue weighted by Crippen LogP contribution is -2.54. The minimum absolute atomic E-state index is 0. The van der Waals surface area contributed by atoms with Gasteiger partial charge in [0, 0.05) is 66.2 Å². The molecule has 5 aromatic carbocycles. The lowest BCUT2D eigenvalue weighted by Gasteiger charge is -2.46. The first-order valence-electron chi connectivity index (χ1n) is 19.2. The van der Waals surface area contributed by atoms with Crippen molar-refractivity contribution >= 4 is 69.6 Å². The van der Waals surface area contributed by atoms with Crippen LogP contribution in [0.15, 0.2) is 131 Å². The number of carbonyl (C=O) groups is 1. The lowest BCUT2D eigenvalue weighted by atomic mass is 9.92. The Bertz CT molecular complexity index is 2320. The van der Waals surface area contributed by atoms with Crippen LogP contribution in [0.1, 0.15) is 34.3 Å². The van der Waals surface area contributed by atoms with Crippen LogP contribution in [-0.2, 0) is 23.0 Å². The Labute approximate surface area is 363 Å². The summed E-state index contributed by atoms with van der Waals surface area (Å²) in [6.45, 7) is 4.28. The maximum Gasteiger partial charge on any atom is 0.293 e. The first-order chi connectivity index (χ1) is 27.5. The fourth-order valence-electron chi connectivity index (χ4n) is 7.69. The van der Waals surface area contributed by atoms with Crippen LogP contribution in [0.4, 0.5) is 17.1 Å². The topological polar surface area (TPSA) is 128 Å². The van der Waals surface area contributed by atoms with Gasteiger partial charge in [0.15, 0.2) is 0 Å². The highest BCUT2D eigenvalue weighted by Crippen LogP contribution is 2.35. The average Bonchev–Trinajstić information content (AvgIpc) is 3.22. The van der Waals surface area contributed by atoms with E-state index >= 15 is 0 Å². The zero-order chi connectivity index (χ0) is 39.9. The molecule has 2 aliphatic heterocycles. The normalized spacial score (nSPS) is 15.5. The minimum Gasteiger partial charge on any atom is -0.376 e. The van der Waals surface area contributed by atoms with Crippen molar-refractivity contribution in [3.05, 3.63) is 148 Å². The van der Waals surface area contributed by atoms with E-state index in [9.17, 15) is 23.3 Å². The summed E-state index contributed by atoms with van der Waals surface area (Å²) in [5.74, 6) is -0.138. The first-order valence-corrected chi connectivity index (χ1v) is 21.7. The second-order valence-corrected chi connectivity index (χ2v) is 17.7. The Balaban J connectivity index is 0.00000331. The monoisotopic (exact) mass is 876 g/mol. The number of nitro groups is 1. The molecule has 0 saturated carbocycles. The number of halogens is 2. The number of rotatable bonds is 15. The summed E-state index contributed by atoms with van der Waals surface area (Å²) in [4.78, 5) is 32.8. The summed E-state index contributed by atoms with van der Waals surface area (Å²) in [5.41, 5.74) is 5.90. The number of hydrogen-bond donors (Lipinski definition) is 2. The van der Waals surface area contributed by atoms with Crippen LogP contribution in [0.3, 0.4) is 0 Å². The van der Waals surface area contributed by atoms with E-state index in [1.807, 2.05) is 61.5 Å². The molecular weight excluding hydrogens is 828 g/mol. The van der Waals surface area contributed by atoms with Crippen molar-refractivity contribution in [1.82, 2.24) is 14.5 Å². The number of nitrogens with one attached hydrogen (secondary N) is 2. The van der Waals surface area contributed by atoms with E-state index in [-0.39, 0.29) is 52.7 Å². The molecule has 2 N–H and O–H groups in total. The number of carbonyl (C=O) groups excluding carboxylic acids is 1. The van der Waals surface area contributed by atoms with Crippen molar-refractivity contribution < 1.29 is 18.1 Å². The number of piperazine rings is 1. The van der Waals surface area contributed by atoms with Crippen LogP contribution in [0.2, 0.25) is 0 Å². The maximum absolute atomic E-state index is 13.5. The predicted octanol–water partition coefficient (Wildman–Crippen LogP) is 8.39. The smallest absolute Gasteiger partial charge is 0.293 e. The van der Waals surface area contributed by atoms with E-state index in [4.69, 9.17) is 0 Å². The van der Waals surface area contributed by atoms with Crippen LogP contribution < -0.4 is 14.9 Å². The van der Waals surface area contributed by atoms with E-state index in [1.165, 1.54) is 28.8 Å². The summed E-state index contributed by atoms with van der Waals surface area (Å²) in [6.07, 6.45) is 2.39. The highest BCUT2D eigenvalue weighted by Gasteiger charge is 2.33. The van der Waals surface area contributed by atoms with Gasteiger partial charge in [-0.05, 0) is 105 Å². The fourth-order valence-corrected chi connectivity index (χ4v) is 9.68. The summed E-state index contributed by atoms with van der Waals surface area (Å²) in [5, 5.41) is 15.5. The van der Waals surface area contributed by atoms with Gasteiger partial charge in [-0.25, -0.2) is 13.1 Å². The molecule has 1 fully saturated rings. The standard InChI is InChI=1S/C44H48N6O5S2.2ClH/c1-47(2)24-23-36(31-56-38-14-7-4-8-15-38)45-41-21-20-39(28-43(41)50(52)53)57(54,55)46-44(51)34-18-22-42-33(27-34)17-19-37-30-48(25-26-49(37)42)29-35-13-9-10-16-40(35)32-11-5-3-6-12-32;;/h3-16,18,20-22,27-28,36-37,45H,17,19,23-26,29-31H2,1-2H3,(H,46,51);2*1H/t36-,37-;;/m1../s1. The van der Waals surface area contributed by atoms with Gasteiger partial charge in [-0.3, -0.25) is 19.8 Å². The largest absolute Gasteiger partial charge is 0.376 e. The molecule has 2 aliphatic rings. The Morgan fingerprint density at radius 2 is 1.63 bits per heavy atom. The Morgan fingerprint density at radius 1 is 0.915 bits per heavy atom. The van der Waals surface area contributed by atoms with E-state index in [0.717, 1.165) is 67.8 Å². The number of aryl methyl sites for hydroxylation is 1. The first kappa shape index (κ1) is 45.5. The molecule has 7 rings (SSSR count). The minimum atomic E-state index is -4.43. The second kappa shape index (κ2) is 20.6. The molecule has 59 heavy (non-hydrogen) atoms. The number of thioether (sulfide) groups is 1. The summed E-state index contributed by atoms with van der Waals surface area (Å²) in [7, 11) is -0.497. The molecule has 15 heteroatoms. The molecule has 312 valence electrons. The van der Waals surface area contributed by atoms with E-state index < -0.39 is 20.9 Å². The molecule has 2 heterocycles. The Kier molecular flexibility index (Phi) is 15.8. The molecular formula is C44H50Cl2N6O5S2. The molecule has 0 spiro atoms. The molecule has 11 nitrogen and oxygen atoms in total. The second-order valence-electron chi connectivity index (χ2n) is 14.9. The molecule has 5 aromatic rings. The molecule has 0 aromatic heterocycles. The highest BCUT2D eigenvalue weighted by atomic mass is 35.5. The molecule has 0 bridgehead atoms. The van der Waals surface area contributed by atoms with Crippen molar-refractivity contribution in [2.24, 2.45) is 0 Å². The number of fused-ring (bicyclic) bond motifs is 3. The van der Waals surface area contributed by atoms with Gasteiger partial charge < -0.3 is 15.1 Å². The molecule has 0 unspecified atom stereocenters. The SMILES string of the molecule is CN(C)CC[C@H](CSc1ccccc1)Nc1ccc(S(=O)(=O)NC(=O)c2ccc3c(c2)CC[C@@H]2CN(Cc4ccccc4-c4ccccc4)CCN32)cc1[N+](=O)[O-].Cl.Cl. The zero-order valence-electron chi connectivity index (χ0n) is 33.0. The van der Waals surface area contributed by atoms with Crippen LogP contribution in [0.5, 0.6) is 0 Å². The third-order valence-corrected chi connectivity index (χ3v) is 13.1.